The zero-order valence-electron chi connectivity index (χ0n) is 13.2. The minimum atomic E-state index is -0.198. The number of amides is 1. The first-order chi connectivity index (χ1) is 10.6. The largest absolute Gasteiger partial charge is 0.493 e. The molecule has 0 saturated heterocycles. The fourth-order valence-corrected chi connectivity index (χ4v) is 2.10. The van der Waals surface area contributed by atoms with Crippen molar-refractivity contribution in [3.63, 3.8) is 0 Å². The molecule has 2 aromatic carbocycles. The Morgan fingerprint density at radius 2 is 1.95 bits per heavy atom. The Morgan fingerprint density at radius 3 is 2.68 bits per heavy atom. The monoisotopic (exact) mass is 299 g/mol. The van der Waals surface area contributed by atoms with Crippen molar-refractivity contribution in [3.8, 4) is 11.5 Å². The van der Waals surface area contributed by atoms with E-state index in [0.717, 1.165) is 17.7 Å². The number of ether oxygens (including phenoxy) is 2. The van der Waals surface area contributed by atoms with E-state index >= 15 is 0 Å². The third kappa shape index (κ3) is 4.25. The van der Waals surface area contributed by atoms with E-state index in [1.807, 2.05) is 43.3 Å². The number of carbonyl (C=O) groups excluding carboxylic acids is 1. The van der Waals surface area contributed by atoms with Crippen molar-refractivity contribution in [1.82, 2.24) is 0 Å². The zero-order chi connectivity index (χ0) is 15.9. The lowest BCUT2D eigenvalue weighted by atomic mass is 10.1. The maximum atomic E-state index is 12.0. The first kappa shape index (κ1) is 15.9. The Morgan fingerprint density at radius 1 is 1.14 bits per heavy atom. The van der Waals surface area contributed by atoms with Gasteiger partial charge in [-0.25, -0.2) is 0 Å². The van der Waals surface area contributed by atoms with Crippen molar-refractivity contribution in [2.24, 2.45) is 0 Å². The van der Waals surface area contributed by atoms with Crippen molar-refractivity contribution < 1.29 is 14.3 Å². The van der Waals surface area contributed by atoms with Crippen LogP contribution in [0.3, 0.4) is 0 Å². The summed E-state index contributed by atoms with van der Waals surface area (Å²) in [6, 6.07) is 13.4. The lowest BCUT2D eigenvalue weighted by molar-refractivity contribution is -0.118. The fraction of sp³-hybridized carbons (Fsp3) is 0.278. The molecule has 4 heteroatoms. The van der Waals surface area contributed by atoms with E-state index in [4.69, 9.17) is 9.47 Å². The van der Waals surface area contributed by atoms with E-state index in [1.54, 1.807) is 13.2 Å². The van der Waals surface area contributed by atoms with E-state index in [9.17, 15) is 4.79 Å². The molecule has 0 unspecified atom stereocenters. The van der Waals surface area contributed by atoms with Gasteiger partial charge in [0.25, 0.3) is 5.91 Å². The van der Waals surface area contributed by atoms with Crippen molar-refractivity contribution in [2.75, 3.05) is 19.0 Å². The number of hydrogen-bond donors (Lipinski definition) is 1. The lowest BCUT2D eigenvalue weighted by Gasteiger charge is -2.11. The Bertz CT molecular complexity index is 653. The third-order valence-corrected chi connectivity index (χ3v) is 3.30. The van der Waals surface area contributed by atoms with Crippen LogP contribution in [0.5, 0.6) is 11.5 Å². The van der Waals surface area contributed by atoms with Crippen LogP contribution in [0.2, 0.25) is 0 Å². The molecular formula is C18H21NO3. The number of methoxy groups -OCH3 is 1. The van der Waals surface area contributed by atoms with Crippen LogP contribution in [-0.4, -0.2) is 19.6 Å². The highest BCUT2D eigenvalue weighted by Crippen LogP contribution is 2.27. The molecule has 2 rings (SSSR count). The fourth-order valence-electron chi connectivity index (χ4n) is 2.10. The van der Waals surface area contributed by atoms with Crippen molar-refractivity contribution in [3.05, 3.63) is 53.6 Å². The molecule has 0 atom stereocenters. The highest BCUT2D eigenvalue weighted by molar-refractivity contribution is 5.92. The molecule has 116 valence electrons. The molecule has 0 spiro atoms. The van der Waals surface area contributed by atoms with Crippen LogP contribution in [0.15, 0.2) is 42.5 Å². The maximum absolute atomic E-state index is 12.0. The molecular weight excluding hydrogens is 278 g/mol. The molecule has 22 heavy (non-hydrogen) atoms. The number of nitrogens with one attached hydrogen (secondary N) is 1. The molecule has 2 aromatic rings. The number of anilines is 1. The van der Waals surface area contributed by atoms with Gasteiger partial charge in [0.2, 0.25) is 0 Å². The summed E-state index contributed by atoms with van der Waals surface area (Å²) in [6.07, 6.45) is 0.931. The second-order valence-electron chi connectivity index (χ2n) is 5.05. The molecule has 1 amide bonds. The maximum Gasteiger partial charge on any atom is 0.262 e. The predicted molar refractivity (Wildman–Crippen MR) is 87.7 cm³/mol. The van der Waals surface area contributed by atoms with E-state index in [-0.39, 0.29) is 12.5 Å². The summed E-state index contributed by atoms with van der Waals surface area (Å²) < 4.78 is 10.8. The molecule has 0 heterocycles. The van der Waals surface area contributed by atoms with Gasteiger partial charge in [0.05, 0.1) is 7.11 Å². The molecule has 1 N–H and O–H groups in total. The summed E-state index contributed by atoms with van der Waals surface area (Å²) >= 11 is 0. The minimum absolute atomic E-state index is 0.0597. The van der Waals surface area contributed by atoms with Gasteiger partial charge < -0.3 is 14.8 Å². The third-order valence-electron chi connectivity index (χ3n) is 3.30. The summed E-state index contributed by atoms with van der Waals surface area (Å²) in [6.45, 7) is 3.99. The predicted octanol–water partition coefficient (Wildman–Crippen LogP) is 3.58. The number of benzene rings is 2. The molecule has 0 aliphatic heterocycles. The molecule has 0 fully saturated rings. The number of hydrogen-bond acceptors (Lipinski definition) is 3. The van der Waals surface area contributed by atoms with Gasteiger partial charge in [0.1, 0.15) is 0 Å². The summed E-state index contributed by atoms with van der Waals surface area (Å²) in [7, 11) is 1.58. The van der Waals surface area contributed by atoms with Crippen LogP contribution in [-0.2, 0) is 11.2 Å². The van der Waals surface area contributed by atoms with Crippen LogP contribution in [0.4, 0.5) is 5.69 Å². The molecule has 0 radical (unpaired) electrons. The molecule has 0 aliphatic rings. The van der Waals surface area contributed by atoms with E-state index < -0.39 is 0 Å². The lowest BCUT2D eigenvalue weighted by Crippen LogP contribution is -2.20. The van der Waals surface area contributed by atoms with E-state index in [0.29, 0.717) is 11.5 Å². The first-order valence-corrected chi connectivity index (χ1v) is 7.28. The first-order valence-electron chi connectivity index (χ1n) is 7.28. The van der Waals surface area contributed by atoms with E-state index in [1.165, 1.54) is 5.56 Å². The van der Waals surface area contributed by atoms with Gasteiger partial charge in [-0.2, -0.15) is 0 Å². The average Bonchev–Trinajstić information content (AvgIpc) is 2.53. The molecule has 0 bridgehead atoms. The smallest absolute Gasteiger partial charge is 0.262 e. The highest BCUT2D eigenvalue weighted by Gasteiger charge is 2.08. The van der Waals surface area contributed by atoms with Crippen LogP contribution in [0.25, 0.3) is 0 Å². The summed E-state index contributed by atoms with van der Waals surface area (Å²) in [4.78, 5) is 12.0. The Kier molecular flexibility index (Phi) is 5.42. The van der Waals surface area contributed by atoms with Gasteiger partial charge >= 0.3 is 0 Å². The zero-order valence-corrected chi connectivity index (χ0v) is 13.2. The van der Waals surface area contributed by atoms with E-state index in [2.05, 4.69) is 12.2 Å². The van der Waals surface area contributed by atoms with Crippen LogP contribution < -0.4 is 14.8 Å². The van der Waals surface area contributed by atoms with Gasteiger partial charge in [-0.1, -0.05) is 25.1 Å². The second kappa shape index (κ2) is 7.50. The minimum Gasteiger partial charge on any atom is -0.493 e. The Hall–Kier alpha value is -2.49. The summed E-state index contributed by atoms with van der Waals surface area (Å²) in [5.41, 5.74) is 3.03. The SMILES string of the molecule is CCc1cccc(NC(=O)COc2ccc(C)cc2OC)c1. The average molecular weight is 299 g/mol. The van der Waals surface area contributed by atoms with Crippen molar-refractivity contribution in [1.29, 1.82) is 0 Å². The van der Waals surface area contributed by atoms with Crippen LogP contribution in [0.1, 0.15) is 18.1 Å². The van der Waals surface area contributed by atoms with Crippen molar-refractivity contribution >= 4 is 11.6 Å². The summed E-state index contributed by atoms with van der Waals surface area (Å²) in [5, 5.41) is 2.83. The number of carbonyl (C=O) groups is 1. The molecule has 4 nitrogen and oxygen atoms in total. The van der Waals surface area contributed by atoms with Crippen molar-refractivity contribution in [2.45, 2.75) is 20.3 Å². The quantitative estimate of drug-likeness (QED) is 0.887. The molecule has 0 saturated carbocycles. The molecule has 0 aliphatic carbocycles. The standard InChI is InChI=1S/C18H21NO3/c1-4-14-6-5-7-15(11-14)19-18(20)12-22-16-9-8-13(2)10-17(16)21-3/h5-11H,4,12H2,1-3H3,(H,19,20). The van der Waals surface area contributed by atoms with Gasteiger partial charge in [-0.05, 0) is 48.7 Å². The Labute approximate surface area is 131 Å². The number of aryl methyl sites for hydroxylation is 2. The molecule has 0 aromatic heterocycles. The van der Waals surface area contributed by atoms with Gasteiger partial charge in [-0.15, -0.1) is 0 Å². The van der Waals surface area contributed by atoms with Crippen LogP contribution >= 0.6 is 0 Å². The number of rotatable bonds is 6. The second-order valence-corrected chi connectivity index (χ2v) is 5.05. The normalized spacial score (nSPS) is 10.1. The highest BCUT2D eigenvalue weighted by atomic mass is 16.5. The topological polar surface area (TPSA) is 47.6 Å². The van der Waals surface area contributed by atoms with Gasteiger partial charge in [-0.3, -0.25) is 4.79 Å². The Balaban J connectivity index is 1.95. The van der Waals surface area contributed by atoms with Gasteiger partial charge in [0.15, 0.2) is 18.1 Å². The summed E-state index contributed by atoms with van der Waals surface area (Å²) in [5.74, 6) is 0.988. The van der Waals surface area contributed by atoms with Gasteiger partial charge in [0, 0.05) is 5.69 Å². The van der Waals surface area contributed by atoms with Crippen LogP contribution in [0, 0.1) is 6.92 Å².